The second-order valence-corrected chi connectivity index (χ2v) is 10.2. The van der Waals surface area contributed by atoms with Crippen LogP contribution in [0.3, 0.4) is 0 Å². The lowest BCUT2D eigenvalue weighted by Crippen LogP contribution is -2.50. The highest BCUT2D eigenvalue weighted by Gasteiger charge is 2.26. The average Bonchev–Trinajstić information content (AvgIpc) is 3.52. The van der Waals surface area contributed by atoms with Crippen molar-refractivity contribution in [2.45, 2.75) is 17.9 Å². The molecular formula is C24H24ClN5OS2. The first-order valence-electron chi connectivity index (χ1n) is 10.8. The third-order valence-electron chi connectivity index (χ3n) is 5.92. The van der Waals surface area contributed by atoms with E-state index in [1.807, 2.05) is 52.2 Å². The van der Waals surface area contributed by atoms with E-state index < -0.39 is 0 Å². The largest absolute Gasteiger partial charge is 0.368 e. The normalized spacial score (nSPS) is 15.1. The lowest BCUT2D eigenvalue weighted by molar-refractivity contribution is -0.134. The molecule has 0 bridgehead atoms. The van der Waals surface area contributed by atoms with Gasteiger partial charge in [0, 0.05) is 59.6 Å². The molecule has 1 fully saturated rings. The summed E-state index contributed by atoms with van der Waals surface area (Å²) in [4.78, 5) is 23.0. The van der Waals surface area contributed by atoms with Crippen LogP contribution in [-0.2, 0) is 4.79 Å². The first-order valence-corrected chi connectivity index (χ1v) is 12.9. The predicted molar refractivity (Wildman–Crippen MR) is 138 cm³/mol. The van der Waals surface area contributed by atoms with Crippen molar-refractivity contribution >= 4 is 62.5 Å². The molecule has 0 unspecified atom stereocenters. The Morgan fingerprint density at radius 2 is 2.00 bits per heavy atom. The Balaban J connectivity index is 1.21. The number of piperazine rings is 1. The van der Waals surface area contributed by atoms with Crippen LogP contribution in [-0.4, -0.2) is 46.5 Å². The molecule has 0 spiro atoms. The summed E-state index contributed by atoms with van der Waals surface area (Å²) in [6.45, 7) is 5.00. The van der Waals surface area contributed by atoms with Crippen LogP contribution in [0.15, 0.2) is 71.2 Å². The van der Waals surface area contributed by atoms with Crippen LogP contribution in [0.5, 0.6) is 0 Å². The van der Waals surface area contributed by atoms with Gasteiger partial charge in [0.05, 0.1) is 5.52 Å². The number of nitrogens with one attached hydrogen (secondary N) is 1. The highest BCUT2D eigenvalue weighted by Crippen LogP contribution is 2.28. The van der Waals surface area contributed by atoms with Crippen LogP contribution in [0.2, 0.25) is 5.02 Å². The maximum atomic E-state index is 13.3. The fourth-order valence-electron chi connectivity index (χ4n) is 4.15. The fourth-order valence-corrected chi connectivity index (χ4v) is 5.59. The van der Waals surface area contributed by atoms with E-state index in [1.165, 1.54) is 5.69 Å². The van der Waals surface area contributed by atoms with E-state index in [2.05, 4.69) is 38.9 Å². The molecule has 1 aliphatic rings. The van der Waals surface area contributed by atoms with Crippen molar-refractivity contribution in [1.29, 1.82) is 0 Å². The number of hydrogen-bond donors (Lipinski definition) is 1. The van der Waals surface area contributed by atoms with E-state index in [0.717, 1.165) is 34.0 Å². The highest BCUT2D eigenvalue weighted by molar-refractivity contribution is 8.00. The van der Waals surface area contributed by atoms with Crippen LogP contribution >= 0.6 is 34.9 Å². The molecule has 1 aliphatic heterocycles. The molecule has 2 aromatic carbocycles. The zero-order chi connectivity index (χ0) is 22.8. The summed E-state index contributed by atoms with van der Waals surface area (Å²) in [5.41, 5.74) is 2.16. The van der Waals surface area contributed by atoms with Crippen molar-refractivity contribution < 1.29 is 4.79 Å². The minimum Gasteiger partial charge on any atom is -0.368 e. The van der Waals surface area contributed by atoms with E-state index in [1.54, 1.807) is 29.5 Å². The lowest BCUT2D eigenvalue weighted by Gasteiger charge is -2.37. The van der Waals surface area contributed by atoms with Gasteiger partial charge < -0.3 is 19.1 Å². The monoisotopic (exact) mass is 497 g/mol. The molecule has 6 nitrogen and oxygen atoms in total. The molecule has 0 radical (unpaired) electrons. The Labute approximate surface area is 206 Å². The Morgan fingerprint density at radius 1 is 1.15 bits per heavy atom. The summed E-state index contributed by atoms with van der Waals surface area (Å²) in [5, 5.41) is 4.61. The molecule has 33 heavy (non-hydrogen) atoms. The molecule has 0 saturated carbocycles. The van der Waals surface area contributed by atoms with Crippen LogP contribution in [0, 0.1) is 0 Å². The number of hydrogen-bond acceptors (Lipinski definition) is 6. The minimum atomic E-state index is -0.274. The van der Waals surface area contributed by atoms with Crippen molar-refractivity contribution in [3.8, 4) is 0 Å². The molecule has 1 amide bonds. The molecule has 170 valence electrons. The number of anilines is 2. The van der Waals surface area contributed by atoms with Crippen LogP contribution in [0.4, 0.5) is 10.8 Å². The van der Waals surface area contributed by atoms with E-state index in [9.17, 15) is 4.79 Å². The third kappa shape index (κ3) is 4.83. The Morgan fingerprint density at radius 3 is 2.79 bits per heavy atom. The zero-order valence-electron chi connectivity index (χ0n) is 18.1. The van der Waals surface area contributed by atoms with Gasteiger partial charge in [0.25, 0.3) is 0 Å². The first-order chi connectivity index (χ1) is 16.1. The maximum absolute atomic E-state index is 13.3. The second-order valence-electron chi connectivity index (χ2n) is 7.95. The molecule has 1 N–H and O–H groups in total. The molecule has 2 aromatic heterocycles. The topological polar surface area (TPSA) is 53.4 Å². The number of nitrogens with zero attached hydrogens (tertiary/aromatic N) is 4. The van der Waals surface area contributed by atoms with Gasteiger partial charge in [-0.2, -0.15) is 0 Å². The van der Waals surface area contributed by atoms with E-state index >= 15 is 0 Å². The maximum Gasteiger partial charge on any atom is 0.245 e. The quantitative estimate of drug-likeness (QED) is 0.342. The van der Waals surface area contributed by atoms with E-state index in [0.29, 0.717) is 18.1 Å². The van der Waals surface area contributed by atoms with Crippen molar-refractivity contribution in [1.82, 2.24) is 14.5 Å². The molecule has 1 saturated heterocycles. The smallest absolute Gasteiger partial charge is 0.245 e. The van der Waals surface area contributed by atoms with Gasteiger partial charge in [0.15, 0.2) is 5.13 Å². The SMILES string of the molecule is C[C@@H](C(=O)N1CCN(c2cccc(SNc3nccs3)c2)CC1)n1ccc2ccc(Cl)cc21. The molecule has 0 aliphatic carbocycles. The van der Waals surface area contributed by atoms with Gasteiger partial charge in [-0.3, -0.25) is 4.79 Å². The summed E-state index contributed by atoms with van der Waals surface area (Å²) in [5.74, 6) is 0.143. The summed E-state index contributed by atoms with van der Waals surface area (Å²) in [6, 6.07) is 16.0. The van der Waals surface area contributed by atoms with Crippen LogP contribution in [0.25, 0.3) is 10.9 Å². The number of aromatic nitrogens is 2. The zero-order valence-corrected chi connectivity index (χ0v) is 20.5. The number of thiazole rings is 1. The number of carbonyl (C=O) groups excluding carboxylic acids is 1. The molecule has 3 heterocycles. The Kier molecular flexibility index (Phi) is 6.48. The number of halogens is 1. The number of fused-ring (bicyclic) bond motifs is 1. The number of rotatable bonds is 6. The van der Waals surface area contributed by atoms with Gasteiger partial charge in [0.2, 0.25) is 5.91 Å². The van der Waals surface area contributed by atoms with Crippen LogP contribution in [0.1, 0.15) is 13.0 Å². The standard InChI is InChI=1S/C24H24ClN5OS2/c1-17(30-9-7-18-5-6-19(25)15-22(18)30)23(31)29-12-10-28(11-13-29)20-3-2-4-21(16-20)33-27-24-26-8-14-32-24/h2-9,14-17H,10-13H2,1H3,(H,26,27)/t17-/m0/s1. The van der Waals surface area contributed by atoms with Crippen molar-refractivity contribution in [2.75, 3.05) is 35.8 Å². The molecule has 4 aromatic rings. The Bertz CT molecular complexity index is 1250. The van der Waals surface area contributed by atoms with Gasteiger partial charge in [-0.1, -0.05) is 23.7 Å². The molecular weight excluding hydrogens is 474 g/mol. The van der Waals surface area contributed by atoms with Gasteiger partial charge in [0.1, 0.15) is 6.04 Å². The third-order valence-corrected chi connectivity index (χ3v) is 7.76. The fraction of sp³-hybridized carbons (Fsp3) is 0.250. The minimum absolute atomic E-state index is 0.143. The van der Waals surface area contributed by atoms with E-state index in [-0.39, 0.29) is 11.9 Å². The summed E-state index contributed by atoms with van der Waals surface area (Å²) in [7, 11) is 0. The van der Waals surface area contributed by atoms with Gasteiger partial charge in [-0.15, -0.1) is 11.3 Å². The number of carbonyl (C=O) groups is 1. The Hall–Kier alpha value is -2.68. The van der Waals surface area contributed by atoms with Crippen molar-refractivity contribution in [2.24, 2.45) is 0 Å². The summed E-state index contributed by atoms with van der Waals surface area (Å²) < 4.78 is 5.30. The number of benzene rings is 2. The summed E-state index contributed by atoms with van der Waals surface area (Å²) in [6.07, 6.45) is 3.77. The first kappa shape index (κ1) is 22.1. The van der Waals surface area contributed by atoms with Crippen molar-refractivity contribution in [3.63, 3.8) is 0 Å². The molecule has 5 rings (SSSR count). The summed E-state index contributed by atoms with van der Waals surface area (Å²) >= 11 is 9.33. The van der Waals surface area contributed by atoms with Gasteiger partial charge in [-0.25, -0.2) is 4.98 Å². The highest BCUT2D eigenvalue weighted by atomic mass is 35.5. The lowest BCUT2D eigenvalue weighted by atomic mass is 10.2. The number of amides is 1. The van der Waals surface area contributed by atoms with Crippen LogP contribution < -0.4 is 9.62 Å². The van der Waals surface area contributed by atoms with Gasteiger partial charge >= 0.3 is 0 Å². The molecule has 9 heteroatoms. The molecule has 1 atom stereocenters. The second kappa shape index (κ2) is 9.67. The van der Waals surface area contributed by atoms with Crippen molar-refractivity contribution in [3.05, 3.63) is 71.3 Å². The average molecular weight is 498 g/mol. The predicted octanol–water partition coefficient (Wildman–Crippen LogP) is 5.78. The van der Waals surface area contributed by atoms with E-state index in [4.69, 9.17) is 11.6 Å². The van der Waals surface area contributed by atoms with Gasteiger partial charge in [-0.05, 0) is 60.7 Å².